The summed E-state index contributed by atoms with van der Waals surface area (Å²) in [4.78, 5) is 6.59. The standard InChI is InChI=1S/C19H15Cl3FN3O2S2/c20-13-2-4-15(22)18(10-13)30(27,28)26-7-5-25(6-8-26)19-24-17(11-29-19)12-1-3-14(21)16(23)9-12/h1-4,9-11H,5-8H2. The van der Waals surface area contributed by atoms with Crippen molar-refractivity contribution in [1.29, 1.82) is 0 Å². The van der Waals surface area contributed by atoms with E-state index in [1.54, 1.807) is 12.1 Å². The van der Waals surface area contributed by atoms with E-state index < -0.39 is 15.8 Å². The highest BCUT2D eigenvalue weighted by Crippen LogP contribution is 2.32. The summed E-state index contributed by atoms with van der Waals surface area (Å²) in [7, 11) is -3.75. The first-order valence-electron chi connectivity index (χ1n) is 8.87. The molecule has 0 unspecified atom stereocenters. The number of piperazine rings is 1. The second-order valence-electron chi connectivity index (χ2n) is 6.61. The van der Waals surface area contributed by atoms with Gasteiger partial charge in [0.2, 0.25) is 10.0 Å². The molecule has 1 aliphatic heterocycles. The molecule has 0 radical (unpaired) electrons. The molecule has 0 aliphatic carbocycles. The fraction of sp³-hybridized carbons (Fsp3) is 0.211. The van der Waals surface area contributed by atoms with Crippen LogP contribution in [0.1, 0.15) is 0 Å². The van der Waals surface area contributed by atoms with Gasteiger partial charge >= 0.3 is 0 Å². The lowest BCUT2D eigenvalue weighted by Gasteiger charge is -2.34. The Hall–Kier alpha value is -1.42. The van der Waals surface area contributed by atoms with Crippen LogP contribution in [0.4, 0.5) is 9.52 Å². The Kier molecular flexibility index (Phi) is 6.25. The van der Waals surface area contributed by atoms with Crippen LogP contribution in [0.2, 0.25) is 15.1 Å². The van der Waals surface area contributed by atoms with Crippen LogP contribution < -0.4 is 4.90 Å². The van der Waals surface area contributed by atoms with Crippen LogP contribution in [0.15, 0.2) is 46.7 Å². The molecule has 0 spiro atoms. The maximum absolute atomic E-state index is 13.7. The number of aromatic nitrogens is 1. The van der Waals surface area contributed by atoms with Crippen LogP contribution in [0.5, 0.6) is 0 Å². The van der Waals surface area contributed by atoms with Gasteiger partial charge in [0.1, 0.15) is 10.7 Å². The molecule has 11 heteroatoms. The number of sulfonamides is 1. The highest BCUT2D eigenvalue weighted by molar-refractivity contribution is 7.89. The smallest absolute Gasteiger partial charge is 0.244 e. The zero-order chi connectivity index (χ0) is 21.5. The van der Waals surface area contributed by atoms with Gasteiger partial charge in [-0.3, -0.25) is 0 Å². The van der Waals surface area contributed by atoms with Crippen molar-refractivity contribution >= 4 is 61.3 Å². The minimum Gasteiger partial charge on any atom is -0.345 e. The quantitative estimate of drug-likeness (QED) is 0.474. The lowest BCUT2D eigenvalue weighted by Crippen LogP contribution is -2.48. The highest BCUT2D eigenvalue weighted by atomic mass is 35.5. The maximum atomic E-state index is 13.7. The molecule has 2 aromatic carbocycles. The topological polar surface area (TPSA) is 53.5 Å². The molecule has 2 heterocycles. The number of hydrogen-bond donors (Lipinski definition) is 0. The van der Waals surface area contributed by atoms with E-state index in [1.807, 2.05) is 10.3 Å². The van der Waals surface area contributed by atoms with E-state index in [-0.39, 0.29) is 28.0 Å². The molecule has 1 fully saturated rings. The average molecular weight is 507 g/mol. The number of rotatable bonds is 4. The molecule has 0 saturated carbocycles. The van der Waals surface area contributed by atoms with Crippen LogP contribution >= 0.6 is 46.1 Å². The zero-order valence-electron chi connectivity index (χ0n) is 15.4. The Labute approximate surface area is 192 Å². The minimum atomic E-state index is -3.75. The van der Waals surface area contributed by atoms with Gasteiger partial charge in [-0.2, -0.15) is 4.31 Å². The van der Waals surface area contributed by atoms with Gasteiger partial charge in [0.25, 0.3) is 0 Å². The van der Waals surface area contributed by atoms with Gasteiger partial charge in [-0.25, -0.2) is 17.8 Å². The lowest BCUT2D eigenvalue weighted by atomic mass is 10.2. The second kappa shape index (κ2) is 8.61. The molecule has 1 aliphatic rings. The minimum absolute atomic E-state index is 0.00594. The number of thiazole rings is 1. The highest BCUT2D eigenvalue weighted by Gasteiger charge is 2.31. The summed E-state index contributed by atoms with van der Waals surface area (Å²) in [5, 5.41) is 3.10. The Morgan fingerprint density at radius 1 is 0.967 bits per heavy atom. The molecule has 5 nitrogen and oxygen atoms in total. The molecule has 0 N–H and O–H groups in total. The normalized spacial score (nSPS) is 15.5. The molecule has 30 heavy (non-hydrogen) atoms. The molecule has 4 rings (SSSR count). The molecular weight excluding hydrogens is 492 g/mol. The van der Waals surface area contributed by atoms with E-state index in [0.717, 1.165) is 5.13 Å². The van der Waals surface area contributed by atoms with Crippen molar-refractivity contribution in [3.63, 3.8) is 0 Å². The first-order valence-corrected chi connectivity index (χ1v) is 12.3. The van der Waals surface area contributed by atoms with Gasteiger partial charge in [-0.05, 0) is 30.3 Å². The monoisotopic (exact) mass is 505 g/mol. The molecule has 0 atom stereocenters. The average Bonchev–Trinajstić information content (AvgIpc) is 3.22. The lowest BCUT2D eigenvalue weighted by molar-refractivity contribution is 0.385. The summed E-state index contributed by atoms with van der Waals surface area (Å²) in [6.45, 7) is 1.52. The van der Waals surface area contributed by atoms with Gasteiger partial charge in [-0.1, -0.05) is 40.9 Å². The van der Waals surface area contributed by atoms with Crippen molar-refractivity contribution in [3.05, 3.63) is 62.7 Å². The number of hydrogen-bond acceptors (Lipinski definition) is 5. The summed E-state index contributed by atoms with van der Waals surface area (Å²) in [6.07, 6.45) is 0. The van der Waals surface area contributed by atoms with E-state index in [1.165, 1.54) is 39.9 Å². The van der Waals surface area contributed by atoms with Crippen molar-refractivity contribution in [2.24, 2.45) is 0 Å². The van der Waals surface area contributed by atoms with Gasteiger partial charge in [0.05, 0.1) is 15.7 Å². The van der Waals surface area contributed by atoms with Gasteiger partial charge in [0.15, 0.2) is 5.13 Å². The van der Waals surface area contributed by atoms with Crippen molar-refractivity contribution < 1.29 is 12.8 Å². The van der Waals surface area contributed by atoms with Crippen molar-refractivity contribution in [1.82, 2.24) is 9.29 Å². The molecule has 0 amide bonds. The third-order valence-electron chi connectivity index (χ3n) is 4.73. The second-order valence-corrected chi connectivity index (χ2v) is 10.6. The van der Waals surface area contributed by atoms with E-state index in [0.29, 0.717) is 29.4 Å². The third-order valence-corrected chi connectivity index (χ3v) is 8.55. The molecule has 1 saturated heterocycles. The predicted octanol–water partition coefficient (Wildman–Crippen LogP) is 5.42. The summed E-state index contributed by atoms with van der Waals surface area (Å²) in [6, 6.07) is 8.95. The van der Waals surface area contributed by atoms with E-state index >= 15 is 0 Å². The first kappa shape index (κ1) is 21.8. The Balaban J connectivity index is 1.48. The SMILES string of the molecule is O=S(=O)(c1cc(Cl)ccc1Cl)N1CCN(c2nc(-c3ccc(Cl)c(F)c3)cs2)CC1. The van der Waals surface area contributed by atoms with Crippen molar-refractivity contribution in [2.45, 2.75) is 4.90 Å². The van der Waals surface area contributed by atoms with E-state index in [4.69, 9.17) is 34.8 Å². The van der Waals surface area contributed by atoms with Crippen LogP contribution in [0.25, 0.3) is 11.3 Å². The van der Waals surface area contributed by atoms with E-state index in [9.17, 15) is 12.8 Å². The molecule has 158 valence electrons. The van der Waals surface area contributed by atoms with Crippen LogP contribution in [-0.2, 0) is 10.0 Å². The summed E-state index contributed by atoms with van der Waals surface area (Å²) in [5.41, 5.74) is 1.28. The van der Waals surface area contributed by atoms with Crippen LogP contribution in [0, 0.1) is 5.82 Å². The summed E-state index contributed by atoms with van der Waals surface area (Å²) < 4.78 is 41.0. The summed E-state index contributed by atoms with van der Waals surface area (Å²) in [5.74, 6) is -0.498. The number of nitrogens with zero attached hydrogens (tertiary/aromatic N) is 3. The van der Waals surface area contributed by atoms with Crippen molar-refractivity contribution in [2.75, 3.05) is 31.1 Å². The van der Waals surface area contributed by atoms with Gasteiger partial charge in [-0.15, -0.1) is 11.3 Å². The molecule has 1 aromatic heterocycles. The Morgan fingerprint density at radius 2 is 1.67 bits per heavy atom. The largest absolute Gasteiger partial charge is 0.345 e. The van der Waals surface area contributed by atoms with Gasteiger partial charge < -0.3 is 4.90 Å². The molecular formula is C19H15Cl3FN3O2S2. The molecule has 3 aromatic rings. The van der Waals surface area contributed by atoms with Gasteiger partial charge in [0, 0.05) is 42.1 Å². The third kappa shape index (κ3) is 4.30. The first-order chi connectivity index (χ1) is 14.3. The number of anilines is 1. The zero-order valence-corrected chi connectivity index (χ0v) is 19.3. The van der Waals surface area contributed by atoms with Crippen LogP contribution in [0.3, 0.4) is 0 Å². The Bertz CT molecular complexity index is 1200. The number of benzene rings is 2. The molecule has 0 bridgehead atoms. The van der Waals surface area contributed by atoms with Crippen LogP contribution in [-0.4, -0.2) is 43.9 Å². The Morgan fingerprint density at radius 3 is 2.37 bits per heavy atom. The fourth-order valence-electron chi connectivity index (χ4n) is 3.13. The predicted molar refractivity (Wildman–Crippen MR) is 120 cm³/mol. The van der Waals surface area contributed by atoms with E-state index in [2.05, 4.69) is 4.98 Å². The fourth-order valence-corrected chi connectivity index (χ4v) is 6.30. The number of halogens is 4. The maximum Gasteiger partial charge on any atom is 0.244 e. The van der Waals surface area contributed by atoms with Crippen molar-refractivity contribution in [3.8, 4) is 11.3 Å². The summed E-state index contributed by atoms with van der Waals surface area (Å²) >= 11 is 19.2.